The van der Waals surface area contributed by atoms with Gasteiger partial charge in [-0.2, -0.15) is 0 Å². The second-order valence-corrected chi connectivity index (χ2v) is 8.75. The van der Waals surface area contributed by atoms with Gasteiger partial charge in [-0.3, -0.25) is 0 Å². The number of anilines is 1. The number of nitrogens with one attached hydrogen (secondary N) is 1. The third kappa shape index (κ3) is 5.45. The second kappa shape index (κ2) is 10.8. The van der Waals surface area contributed by atoms with Crippen molar-refractivity contribution in [1.82, 2.24) is 5.32 Å². The molecule has 2 N–H and O–H groups in total. The SMILES string of the molecule is OCCCC(=C(c1ccc(Br)cc1)c1ccc(N2CCNCC2)cc1)c1ccccc1. The zero-order chi connectivity index (χ0) is 21.5. The Hall–Kier alpha value is -2.40. The van der Waals surface area contributed by atoms with E-state index in [2.05, 4.69) is 105 Å². The van der Waals surface area contributed by atoms with Crippen molar-refractivity contribution < 1.29 is 5.11 Å². The van der Waals surface area contributed by atoms with E-state index in [1.165, 1.54) is 33.5 Å². The maximum absolute atomic E-state index is 9.56. The van der Waals surface area contributed by atoms with Gasteiger partial charge in [-0.15, -0.1) is 0 Å². The number of benzene rings is 3. The van der Waals surface area contributed by atoms with Crippen LogP contribution in [0.4, 0.5) is 5.69 Å². The molecule has 1 heterocycles. The first-order chi connectivity index (χ1) is 15.3. The second-order valence-electron chi connectivity index (χ2n) is 7.84. The summed E-state index contributed by atoms with van der Waals surface area (Å²) in [6.07, 6.45) is 1.56. The summed E-state index contributed by atoms with van der Waals surface area (Å²) in [5, 5.41) is 13.0. The van der Waals surface area contributed by atoms with E-state index in [9.17, 15) is 5.11 Å². The molecule has 0 atom stereocenters. The van der Waals surface area contributed by atoms with E-state index in [1.54, 1.807) is 0 Å². The fourth-order valence-corrected chi connectivity index (χ4v) is 4.47. The molecule has 0 spiro atoms. The number of aliphatic hydroxyl groups excluding tert-OH is 1. The number of nitrogens with zero attached hydrogens (tertiary/aromatic N) is 1. The third-order valence-corrected chi connectivity index (χ3v) is 6.31. The molecule has 0 aliphatic carbocycles. The summed E-state index contributed by atoms with van der Waals surface area (Å²) in [6.45, 7) is 4.34. The van der Waals surface area contributed by atoms with E-state index in [-0.39, 0.29) is 6.61 Å². The lowest BCUT2D eigenvalue weighted by Crippen LogP contribution is -2.43. The number of piperazine rings is 1. The topological polar surface area (TPSA) is 35.5 Å². The highest BCUT2D eigenvalue weighted by atomic mass is 79.9. The van der Waals surface area contributed by atoms with Crippen LogP contribution in [0.3, 0.4) is 0 Å². The predicted octanol–water partition coefficient (Wildman–Crippen LogP) is 5.59. The summed E-state index contributed by atoms with van der Waals surface area (Å²) < 4.78 is 1.07. The van der Waals surface area contributed by atoms with Crippen LogP contribution in [0.15, 0.2) is 83.3 Å². The average Bonchev–Trinajstić information content (AvgIpc) is 2.84. The Kier molecular flexibility index (Phi) is 7.57. The van der Waals surface area contributed by atoms with Crippen molar-refractivity contribution in [1.29, 1.82) is 0 Å². The summed E-state index contributed by atoms with van der Waals surface area (Å²) in [4.78, 5) is 2.44. The summed E-state index contributed by atoms with van der Waals surface area (Å²) in [6, 6.07) is 28.1. The first-order valence-electron chi connectivity index (χ1n) is 11.0. The van der Waals surface area contributed by atoms with E-state index < -0.39 is 0 Å². The maximum Gasteiger partial charge on any atom is 0.0434 e. The zero-order valence-corrected chi connectivity index (χ0v) is 19.3. The summed E-state index contributed by atoms with van der Waals surface area (Å²) >= 11 is 3.57. The first-order valence-corrected chi connectivity index (χ1v) is 11.8. The van der Waals surface area contributed by atoms with Crippen LogP contribution in [-0.2, 0) is 0 Å². The van der Waals surface area contributed by atoms with Crippen LogP contribution in [0.1, 0.15) is 29.5 Å². The van der Waals surface area contributed by atoms with Crippen molar-refractivity contribution in [3.05, 3.63) is 100 Å². The lowest BCUT2D eigenvalue weighted by Gasteiger charge is -2.29. The molecule has 0 amide bonds. The molecule has 0 saturated carbocycles. The number of hydrogen-bond donors (Lipinski definition) is 2. The van der Waals surface area contributed by atoms with E-state index in [0.717, 1.165) is 43.5 Å². The van der Waals surface area contributed by atoms with E-state index in [4.69, 9.17) is 0 Å². The molecule has 1 aliphatic rings. The van der Waals surface area contributed by atoms with Gasteiger partial charge in [-0.05, 0) is 64.9 Å². The Bertz CT molecular complexity index is 992. The number of allylic oxidation sites excluding steroid dienone is 1. The van der Waals surface area contributed by atoms with Crippen molar-refractivity contribution >= 4 is 32.8 Å². The summed E-state index contributed by atoms with van der Waals surface area (Å²) in [5.41, 5.74) is 7.39. The quantitative estimate of drug-likeness (QED) is 0.436. The van der Waals surface area contributed by atoms with Crippen molar-refractivity contribution in [2.45, 2.75) is 12.8 Å². The van der Waals surface area contributed by atoms with Gasteiger partial charge in [0, 0.05) is 42.9 Å². The lowest BCUT2D eigenvalue weighted by atomic mass is 9.87. The number of halogens is 1. The number of hydrogen-bond acceptors (Lipinski definition) is 3. The van der Waals surface area contributed by atoms with Gasteiger partial charge in [0.1, 0.15) is 0 Å². The molecule has 0 radical (unpaired) electrons. The Morgan fingerprint density at radius 2 is 1.42 bits per heavy atom. The highest BCUT2D eigenvalue weighted by Crippen LogP contribution is 2.36. The maximum atomic E-state index is 9.56. The van der Waals surface area contributed by atoms with Crippen molar-refractivity contribution in [2.75, 3.05) is 37.7 Å². The Morgan fingerprint density at radius 3 is 2.03 bits per heavy atom. The van der Waals surface area contributed by atoms with Crippen LogP contribution in [-0.4, -0.2) is 37.9 Å². The number of aliphatic hydroxyl groups is 1. The van der Waals surface area contributed by atoms with E-state index in [0.29, 0.717) is 0 Å². The van der Waals surface area contributed by atoms with E-state index >= 15 is 0 Å². The third-order valence-electron chi connectivity index (χ3n) is 5.78. The molecule has 3 aromatic carbocycles. The molecule has 4 rings (SSSR count). The molecule has 0 unspecified atom stereocenters. The van der Waals surface area contributed by atoms with Crippen molar-refractivity contribution in [3.8, 4) is 0 Å². The molecule has 0 bridgehead atoms. The standard InChI is InChI=1S/C27H29BrN2O/c28-24-12-8-22(9-13-24)27(26(7-4-20-31)21-5-2-1-3-6-21)23-10-14-25(15-11-23)30-18-16-29-17-19-30/h1-3,5-6,8-15,29,31H,4,7,16-20H2. The average molecular weight is 477 g/mol. The minimum Gasteiger partial charge on any atom is -0.396 e. The Morgan fingerprint density at radius 1 is 0.806 bits per heavy atom. The predicted molar refractivity (Wildman–Crippen MR) is 134 cm³/mol. The van der Waals surface area contributed by atoms with Crippen LogP contribution in [0.5, 0.6) is 0 Å². The van der Waals surface area contributed by atoms with Crippen molar-refractivity contribution in [2.24, 2.45) is 0 Å². The summed E-state index contributed by atoms with van der Waals surface area (Å²) in [5.74, 6) is 0. The van der Waals surface area contributed by atoms with Gasteiger partial charge >= 0.3 is 0 Å². The molecule has 31 heavy (non-hydrogen) atoms. The molecule has 1 saturated heterocycles. The van der Waals surface area contributed by atoms with Gasteiger partial charge in [0.25, 0.3) is 0 Å². The first kappa shape index (κ1) is 21.8. The normalized spacial score (nSPS) is 15.0. The van der Waals surface area contributed by atoms with Gasteiger partial charge in [0.05, 0.1) is 0 Å². The van der Waals surface area contributed by atoms with Gasteiger partial charge in [0.2, 0.25) is 0 Å². The van der Waals surface area contributed by atoms with Crippen molar-refractivity contribution in [3.63, 3.8) is 0 Å². The molecule has 160 valence electrons. The molecule has 1 aliphatic heterocycles. The minimum absolute atomic E-state index is 0.186. The minimum atomic E-state index is 0.186. The largest absolute Gasteiger partial charge is 0.396 e. The van der Waals surface area contributed by atoms with Gasteiger partial charge in [0.15, 0.2) is 0 Å². The van der Waals surface area contributed by atoms with Gasteiger partial charge in [-0.1, -0.05) is 70.5 Å². The molecular weight excluding hydrogens is 448 g/mol. The van der Waals surface area contributed by atoms with Crippen LogP contribution >= 0.6 is 15.9 Å². The highest BCUT2D eigenvalue weighted by molar-refractivity contribution is 9.10. The van der Waals surface area contributed by atoms with Gasteiger partial charge < -0.3 is 15.3 Å². The summed E-state index contributed by atoms with van der Waals surface area (Å²) in [7, 11) is 0. The molecule has 1 fully saturated rings. The smallest absolute Gasteiger partial charge is 0.0434 e. The van der Waals surface area contributed by atoms with Crippen LogP contribution in [0.2, 0.25) is 0 Å². The molecular formula is C27H29BrN2O. The Labute approximate surface area is 193 Å². The highest BCUT2D eigenvalue weighted by Gasteiger charge is 2.16. The monoisotopic (exact) mass is 476 g/mol. The zero-order valence-electron chi connectivity index (χ0n) is 17.7. The van der Waals surface area contributed by atoms with Crippen LogP contribution < -0.4 is 10.2 Å². The van der Waals surface area contributed by atoms with Crippen LogP contribution in [0.25, 0.3) is 11.1 Å². The fraction of sp³-hybridized carbons (Fsp3) is 0.259. The molecule has 0 aromatic heterocycles. The molecule has 4 heteroatoms. The van der Waals surface area contributed by atoms with Crippen LogP contribution in [0, 0.1) is 0 Å². The van der Waals surface area contributed by atoms with E-state index in [1.807, 2.05) is 0 Å². The Balaban J connectivity index is 1.81. The lowest BCUT2D eigenvalue weighted by molar-refractivity contribution is 0.290. The van der Waals surface area contributed by atoms with Gasteiger partial charge in [-0.25, -0.2) is 0 Å². The number of rotatable bonds is 7. The molecule has 3 nitrogen and oxygen atoms in total. The molecule has 3 aromatic rings. The fourth-order valence-electron chi connectivity index (χ4n) is 4.20.